The van der Waals surface area contributed by atoms with Crippen molar-refractivity contribution in [3.05, 3.63) is 10.7 Å². The Bertz CT molecular complexity index is 701. The summed E-state index contributed by atoms with van der Waals surface area (Å²) in [5.41, 5.74) is 0.933. The first-order valence-electron chi connectivity index (χ1n) is 8.17. The molecule has 122 valence electrons. The van der Waals surface area contributed by atoms with Crippen LogP contribution in [-0.2, 0) is 4.84 Å². The van der Waals surface area contributed by atoms with Gasteiger partial charge in [0.1, 0.15) is 5.82 Å². The van der Waals surface area contributed by atoms with Crippen LogP contribution in [0.25, 0.3) is 0 Å². The van der Waals surface area contributed by atoms with Gasteiger partial charge in [-0.2, -0.15) is 5.10 Å². The largest absolute Gasteiger partial charge is 0.385 e. The molecule has 23 heavy (non-hydrogen) atoms. The molecule has 2 aliphatic heterocycles. The van der Waals surface area contributed by atoms with Crippen molar-refractivity contribution in [2.24, 2.45) is 11.1 Å². The summed E-state index contributed by atoms with van der Waals surface area (Å²) in [4.78, 5) is 19.9. The van der Waals surface area contributed by atoms with Crippen molar-refractivity contribution in [3.8, 4) is 0 Å². The number of nitrogens with one attached hydrogen (secondary N) is 1. The highest BCUT2D eigenvalue weighted by Gasteiger charge is 2.53. The van der Waals surface area contributed by atoms with Gasteiger partial charge in [0.2, 0.25) is 0 Å². The number of nitrogens with zero attached hydrogens (tertiary/aromatic N) is 4. The molecule has 3 heterocycles. The maximum Gasteiger partial charge on any atom is 0.323 e. The topological polar surface area (TPSA) is 71.8 Å². The molecule has 1 aromatic heterocycles. The van der Waals surface area contributed by atoms with Crippen LogP contribution in [0.3, 0.4) is 0 Å². The van der Waals surface area contributed by atoms with E-state index in [4.69, 9.17) is 4.84 Å². The van der Waals surface area contributed by atoms with Crippen molar-refractivity contribution in [3.63, 3.8) is 0 Å². The van der Waals surface area contributed by atoms with E-state index in [1.54, 1.807) is 11.1 Å². The zero-order valence-corrected chi connectivity index (χ0v) is 14.3. The van der Waals surface area contributed by atoms with Crippen LogP contribution in [0.5, 0.6) is 0 Å². The summed E-state index contributed by atoms with van der Waals surface area (Å²) in [5.74, 6) is 1.39. The van der Waals surface area contributed by atoms with Gasteiger partial charge in [0.25, 0.3) is 0 Å². The van der Waals surface area contributed by atoms with Gasteiger partial charge in [-0.15, -0.1) is 0 Å². The third-order valence-electron chi connectivity index (χ3n) is 5.02. The molecular weight excluding hydrogens is 362 g/mol. The van der Waals surface area contributed by atoms with E-state index in [1.165, 1.54) is 18.6 Å². The Labute approximate surface area is 142 Å². The lowest BCUT2D eigenvalue weighted by molar-refractivity contribution is -0.105. The molecule has 1 N–H and O–H groups in total. The van der Waals surface area contributed by atoms with E-state index in [0.717, 1.165) is 29.6 Å². The number of hydrogen-bond donors (Lipinski definition) is 1. The minimum Gasteiger partial charge on any atom is -0.385 e. The van der Waals surface area contributed by atoms with Crippen LogP contribution < -0.4 is 5.32 Å². The molecule has 7 nitrogen and oxygen atoms in total. The molecule has 3 fully saturated rings. The molecule has 2 saturated carbocycles. The second-order valence-electron chi connectivity index (χ2n) is 7.11. The number of carbonyl (C=O) groups excluding carboxylic acids is 1. The summed E-state index contributed by atoms with van der Waals surface area (Å²) in [6.07, 6.45) is 7.34. The van der Waals surface area contributed by atoms with Gasteiger partial charge in [-0.3, -0.25) is 5.32 Å². The SMILES string of the molecule is O=C(Nc1c(Br)cnn1C1CC1)N1CC2(CC(C3CC3)=NO2)C1. The number of oxime groups is 1. The highest BCUT2D eigenvalue weighted by atomic mass is 79.9. The third kappa shape index (κ3) is 2.34. The number of aromatic nitrogens is 2. The second kappa shape index (κ2) is 4.72. The third-order valence-corrected chi connectivity index (χ3v) is 5.60. The number of anilines is 1. The summed E-state index contributed by atoms with van der Waals surface area (Å²) >= 11 is 3.46. The van der Waals surface area contributed by atoms with Gasteiger partial charge in [0.05, 0.1) is 35.5 Å². The molecule has 0 aromatic carbocycles. The lowest BCUT2D eigenvalue weighted by Crippen LogP contribution is -2.64. The average Bonchev–Trinajstić information content (AvgIpc) is 3.42. The van der Waals surface area contributed by atoms with E-state index >= 15 is 0 Å². The zero-order chi connectivity index (χ0) is 15.6. The Kier molecular flexibility index (Phi) is 2.84. The van der Waals surface area contributed by atoms with Crippen LogP contribution in [0, 0.1) is 5.92 Å². The highest BCUT2D eigenvalue weighted by Crippen LogP contribution is 2.42. The maximum atomic E-state index is 12.5. The Hall–Kier alpha value is -1.57. The van der Waals surface area contributed by atoms with Gasteiger partial charge >= 0.3 is 6.03 Å². The molecule has 0 atom stereocenters. The summed E-state index contributed by atoms with van der Waals surface area (Å²) < 4.78 is 2.72. The Morgan fingerprint density at radius 2 is 2.13 bits per heavy atom. The molecule has 0 bridgehead atoms. The van der Waals surface area contributed by atoms with Crippen LogP contribution in [-0.4, -0.2) is 45.1 Å². The molecule has 2 aliphatic carbocycles. The van der Waals surface area contributed by atoms with Crippen molar-refractivity contribution in [1.82, 2.24) is 14.7 Å². The first kappa shape index (κ1) is 13.8. The molecule has 5 rings (SSSR count). The van der Waals surface area contributed by atoms with Crippen LogP contribution in [0.1, 0.15) is 38.1 Å². The number of amides is 2. The van der Waals surface area contributed by atoms with Gasteiger partial charge in [-0.25, -0.2) is 9.48 Å². The fourth-order valence-corrected chi connectivity index (χ4v) is 3.75. The van der Waals surface area contributed by atoms with Crippen molar-refractivity contribution >= 4 is 33.5 Å². The molecule has 4 aliphatic rings. The molecule has 2 amide bonds. The van der Waals surface area contributed by atoms with Crippen LogP contribution >= 0.6 is 15.9 Å². The van der Waals surface area contributed by atoms with Crippen molar-refractivity contribution in [2.45, 2.75) is 43.7 Å². The standard InChI is InChI=1S/C15H18BrN5O2/c16-11-6-17-21(10-3-4-10)13(11)18-14(22)20-7-15(8-20)5-12(19-23-15)9-1-2-9/h6,9-10H,1-5,7-8H2,(H,18,22). The van der Waals surface area contributed by atoms with E-state index in [2.05, 4.69) is 31.5 Å². The monoisotopic (exact) mass is 379 g/mol. The fourth-order valence-electron chi connectivity index (χ4n) is 3.38. The van der Waals surface area contributed by atoms with Crippen LogP contribution in [0.2, 0.25) is 0 Å². The molecule has 0 unspecified atom stereocenters. The summed E-state index contributed by atoms with van der Waals surface area (Å²) in [6.45, 7) is 1.21. The molecule has 1 saturated heterocycles. The number of carbonyl (C=O) groups is 1. The number of rotatable bonds is 3. The van der Waals surface area contributed by atoms with E-state index in [1.807, 2.05) is 4.68 Å². The molecular formula is C15H18BrN5O2. The molecule has 1 spiro atoms. The normalized spacial score (nSPS) is 25.1. The zero-order valence-electron chi connectivity index (χ0n) is 12.7. The van der Waals surface area contributed by atoms with Crippen molar-refractivity contribution in [1.29, 1.82) is 0 Å². The molecule has 0 radical (unpaired) electrons. The van der Waals surface area contributed by atoms with Gasteiger partial charge in [-0.05, 0) is 41.6 Å². The van der Waals surface area contributed by atoms with E-state index in [9.17, 15) is 4.79 Å². The van der Waals surface area contributed by atoms with Gasteiger partial charge in [0.15, 0.2) is 5.60 Å². The van der Waals surface area contributed by atoms with Crippen LogP contribution in [0.4, 0.5) is 10.6 Å². The summed E-state index contributed by atoms with van der Waals surface area (Å²) in [7, 11) is 0. The Morgan fingerprint density at radius 3 is 2.83 bits per heavy atom. The molecule has 1 aromatic rings. The van der Waals surface area contributed by atoms with E-state index in [0.29, 0.717) is 25.0 Å². The van der Waals surface area contributed by atoms with Gasteiger partial charge in [0, 0.05) is 12.3 Å². The van der Waals surface area contributed by atoms with Gasteiger partial charge < -0.3 is 9.74 Å². The van der Waals surface area contributed by atoms with Crippen molar-refractivity contribution in [2.75, 3.05) is 18.4 Å². The van der Waals surface area contributed by atoms with Crippen LogP contribution in [0.15, 0.2) is 15.8 Å². The number of hydrogen-bond acceptors (Lipinski definition) is 4. The summed E-state index contributed by atoms with van der Waals surface area (Å²) in [6, 6.07) is 0.328. The second-order valence-corrected chi connectivity index (χ2v) is 7.97. The van der Waals surface area contributed by atoms with Crippen molar-refractivity contribution < 1.29 is 9.63 Å². The predicted octanol–water partition coefficient (Wildman–Crippen LogP) is 2.75. The van der Waals surface area contributed by atoms with E-state index < -0.39 is 0 Å². The lowest BCUT2D eigenvalue weighted by atomic mass is 9.88. The fraction of sp³-hybridized carbons (Fsp3) is 0.667. The van der Waals surface area contributed by atoms with Gasteiger partial charge in [-0.1, -0.05) is 5.16 Å². The Balaban J connectivity index is 1.21. The van der Waals surface area contributed by atoms with E-state index in [-0.39, 0.29) is 11.6 Å². The number of halogens is 1. The Morgan fingerprint density at radius 1 is 1.35 bits per heavy atom. The lowest BCUT2D eigenvalue weighted by Gasteiger charge is -2.45. The minimum atomic E-state index is -0.261. The first-order valence-corrected chi connectivity index (χ1v) is 8.97. The average molecular weight is 380 g/mol. The maximum absolute atomic E-state index is 12.5. The summed E-state index contributed by atoms with van der Waals surface area (Å²) in [5, 5.41) is 11.6. The minimum absolute atomic E-state index is 0.0952. The highest BCUT2D eigenvalue weighted by molar-refractivity contribution is 9.10. The quantitative estimate of drug-likeness (QED) is 0.877. The molecule has 8 heteroatoms. The smallest absolute Gasteiger partial charge is 0.323 e. The predicted molar refractivity (Wildman–Crippen MR) is 87.4 cm³/mol. The number of likely N-dealkylation sites (tertiary alicyclic amines) is 1. The first-order chi connectivity index (χ1) is 11.1. The number of urea groups is 1.